The molecule has 2 rings (SSSR count). The molecule has 116 valence electrons. The lowest BCUT2D eigenvalue weighted by Gasteiger charge is -2.28. The van der Waals surface area contributed by atoms with E-state index in [2.05, 4.69) is 0 Å². The number of hydrogen-bond acceptors (Lipinski definition) is 6. The molecule has 0 saturated carbocycles. The molecule has 0 aliphatic carbocycles. The SMILES string of the molecule is CC[C@]1(CO)O[C@@H](OC)[C@H](OC(=O)c2ccccc2)[C@@H]1O. The minimum Gasteiger partial charge on any atom is -0.450 e. The van der Waals surface area contributed by atoms with E-state index in [1.54, 1.807) is 37.3 Å². The molecule has 6 heteroatoms. The van der Waals surface area contributed by atoms with E-state index in [1.807, 2.05) is 0 Å². The van der Waals surface area contributed by atoms with Crippen molar-refractivity contribution in [1.29, 1.82) is 0 Å². The number of methoxy groups -OCH3 is 1. The highest BCUT2D eigenvalue weighted by Gasteiger charge is 2.55. The zero-order chi connectivity index (χ0) is 15.5. The van der Waals surface area contributed by atoms with Gasteiger partial charge in [0.25, 0.3) is 0 Å². The van der Waals surface area contributed by atoms with Crippen LogP contribution in [0, 0.1) is 0 Å². The van der Waals surface area contributed by atoms with Gasteiger partial charge in [0, 0.05) is 7.11 Å². The Balaban J connectivity index is 2.16. The Hall–Kier alpha value is -1.47. The van der Waals surface area contributed by atoms with Crippen LogP contribution < -0.4 is 0 Å². The Labute approximate surface area is 123 Å². The van der Waals surface area contributed by atoms with E-state index in [4.69, 9.17) is 14.2 Å². The quantitative estimate of drug-likeness (QED) is 0.779. The van der Waals surface area contributed by atoms with Gasteiger partial charge in [0.1, 0.15) is 11.7 Å². The van der Waals surface area contributed by atoms with Crippen LogP contribution in [0.2, 0.25) is 0 Å². The van der Waals surface area contributed by atoms with Crippen LogP contribution in [0.5, 0.6) is 0 Å². The van der Waals surface area contributed by atoms with Gasteiger partial charge >= 0.3 is 5.97 Å². The molecular formula is C15H20O6. The van der Waals surface area contributed by atoms with E-state index in [-0.39, 0.29) is 6.61 Å². The second-order valence-electron chi connectivity index (χ2n) is 4.98. The second-order valence-corrected chi connectivity index (χ2v) is 4.98. The van der Waals surface area contributed by atoms with Gasteiger partial charge in [0.2, 0.25) is 0 Å². The molecule has 1 heterocycles. The van der Waals surface area contributed by atoms with Gasteiger partial charge in [-0.05, 0) is 18.6 Å². The lowest BCUT2D eigenvalue weighted by molar-refractivity contribution is -0.189. The summed E-state index contributed by atoms with van der Waals surface area (Å²) >= 11 is 0. The van der Waals surface area contributed by atoms with Crippen molar-refractivity contribution in [3.8, 4) is 0 Å². The third-order valence-corrected chi connectivity index (χ3v) is 3.82. The van der Waals surface area contributed by atoms with Crippen LogP contribution in [-0.2, 0) is 14.2 Å². The van der Waals surface area contributed by atoms with Gasteiger partial charge in [-0.15, -0.1) is 0 Å². The summed E-state index contributed by atoms with van der Waals surface area (Å²) in [5.74, 6) is -0.574. The van der Waals surface area contributed by atoms with Crippen molar-refractivity contribution in [3.63, 3.8) is 0 Å². The highest BCUT2D eigenvalue weighted by atomic mass is 16.7. The van der Waals surface area contributed by atoms with Crippen molar-refractivity contribution < 1.29 is 29.2 Å². The smallest absolute Gasteiger partial charge is 0.338 e. The van der Waals surface area contributed by atoms with Crippen LogP contribution in [0.15, 0.2) is 30.3 Å². The Bertz CT molecular complexity index is 470. The van der Waals surface area contributed by atoms with Gasteiger partial charge in [0.05, 0.1) is 12.2 Å². The number of rotatable bonds is 5. The first-order valence-electron chi connectivity index (χ1n) is 6.83. The zero-order valence-electron chi connectivity index (χ0n) is 12.1. The van der Waals surface area contributed by atoms with Gasteiger partial charge in [-0.3, -0.25) is 0 Å². The molecule has 0 radical (unpaired) electrons. The van der Waals surface area contributed by atoms with Crippen LogP contribution >= 0.6 is 0 Å². The van der Waals surface area contributed by atoms with Crippen LogP contribution in [0.25, 0.3) is 0 Å². The van der Waals surface area contributed by atoms with Crippen molar-refractivity contribution in [3.05, 3.63) is 35.9 Å². The highest BCUT2D eigenvalue weighted by Crippen LogP contribution is 2.36. The third kappa shape index (κ3) is 2.94. The number of benzene rings is 1. The van der Waals surface area contributed by atoms with Crippen LogP contribution in [0.4, 0.5) is 0 Å². The summed E-state index contributed by atoms with van der Waals surface area (Å²) in [5, 5.41) is 19.8. The molecule has 6 nitrogen and oxygen atoms in total. The zero-order valence-corrected chi connectivity index (χ0v) is 12.1. The second kappa shape index (κ2) is 6.53. The predicted octanol–water partition coefficient (Wildman–Crippen LogP) is 0.717. The molecule has 1 saturated heterocycles. The maximum atomic E-state index is 12.1. The summed E-state index contributed by atoms with van der Waals surface area (Å²) in [7, 11) is 1.39. The average Bonchev–Trinajstić information content (AvgIpc) is 2.81. The molecule has 0 spiro atoms. The van der Waals surface area contributed by atoms with Crippen molar-refractivity contribution in [1.82, 2.24) is 0 Å². The van der Waals surface area contributed by atoms with Gasteiger partial charge in [-0.25, -0.2) is 4.79 Å². The number of carbonyl (C=O) groups is 1. The highest BCUT2D eigenvalue weighted by molar-refractivity contribution is 5.89. The average molecular weight is 296 g/mol. The largest absolute Gasteiger partial charge is 0.450 e. The number of hydrogen-bond donors (Lipinski definition) is 2. The molecule has 1 aliphatic heterocycles. The van der Waals surface area contributed by atoms with Crippen molar-refractivity contribution in [2.24, 2.45) is 0 Å². The van der Waals surface area contributed by atoms with Crippen LogP contribution in [0.3, 0.4) is 0 Å². The standard InChI is InChI=1S/C15H20O6/c1-3-15(9-16)12(17)11(14(19-2)21-15)20-13(18)10-7-5-4-6-8-10/h4-8,11-12,14,16-17H,3,9H2,1-2H3/t11-,12+,14-,15-/m1/s1. The molecule has 0 aromatic heterocycles. The van der Waals surface area contributed by atoms with Crippen molar-refractivity contribution >= 4 is 5.97 Å². The molecule has 4 atom stereocenters. The lowest BCUT2D eigenvalue weighted by Crippen LogP contribution is -2.46. The third-order valence-electron chi connectivity index (χ3n) is 3.82. The first-order valence-corrected chi connectivity index (χ1v) is 6.83. The van der Waals surface area contributed by atoms with E-state index < -0.39 is 30.1 Å². The van der Waals surface area contributed by atoms with E-state index in [0.29, 0.717) is 12.0 Å². The van der Waals surface area contributed by atoms with Crippen molar-refractivity contribution in [2.75, 3.05) is 13.7 Å². The van der Waals surface area contributed by atoms with E-state index >= 15 is 0 Å². The number of aliphatic hydroxyl groups excluding tert-OH is 2. The van der Waals surface area contributed by atoms with Crippen LogP contribution in [-0.4, -0.2) is 54.0 Å². The number of esters is 1. The summed E-state index contributed by atoms with van der Waals surface area (Å²) in [6, 6.07) is 8.46. The molecule has 2 N–H and O–H groups in total. The minimum atomic E-state index is -1.18. The number of carbonyl (C=O) groups excluding carboxylic acids is 1. The normalized spacial score (nSPS) is 32.1. The molecule has 0 bridgehead atoms. The molecule has 1 aromatic carbocycles. The van der Waals surface area contributed by atoms with Gasteiger partial charge < -0.3 is 24.4 Å². The van der Waals surface area contributed by atoms with Gasteiger partial charge in [-0.1, -0.05) is 25.1 Å². The minimum absolute atomic E-state index is 0.365. The molecule has 0 amide bonds. The number of aliphatic hydroxyl groups is 2. The monoisotopic (exact) mass is 296 g/mol. The maximum absolute atomic E-state index is 12.1. The van der Waals surface area contributed by atoms with Crippen LogP contribution in [0.1, 0.15) is 23.7 Å². The summed E-state index contributed by atoms with van der Waals surface area (Å²) in [6.45, 7) is 1.39. The van der Waals surface area contributed by atoms with Gasteiger partial charge in [-0.2, -0.15) is 0 Å². The molecular weight excluding hydrogens is 276 g/mol. The van der Waals surface area contributed by atoms with E-state index in [9.17, 15) is 15.0 Å². The topological polar surface area (TPSA) is 85.2 Å². The molecule has 1 aliphatic rings. The van der Waals surface area contributed by atoms with E-state index in [0.717, 1.165) is 0 Å². The molecule has 21 heavy (non-hydrogen) atoms. The lowest BCUT2D eigenvalue weighted by atomic mass is 9.93. The Morgan fingerprint density at radius 1 is 1.38 bits per heavy atom. The van der Waals surface area contributed by atoms with Crippen molar-refractivity contribution in [2.45, 2.75) is 37.4 Å². The first-order chi connectivity index (χ1) is 10.1. The fraction of sp³-hybridized carbons (Fsp3) is 0.533. The summed E-state index contributed by atoms with van der Waals surface area (Å²) in [6.07, 6.45) is -2.70. The molecule has 0 unspecified atom stereocenters. The molecule has 1 aromatic rings. The molecule has 1 fully saturated rings. The summed E-state index contributed by atoms with van der Waals surface area (Å²) < 4.78 is 16.0. The van der Waals surface area contributed by atoms with Gasteiger partial charge in [0.15, 0.2) is 12.4 Å². The maximum Gasteiger partial charge on any atom is 0.338 e. The Kier molecular flexibility index (Phi) is 4.95. The number of ether oxygens (including phenoxy) is 3. The fourth-order valence-corrected chi connectivity index (χ4v) is 2.42. The Morgan fingerprint density at radius 3 is 2.57 bits per heavy atom. The van der Waals surface area contributed by atoms with E-state index in [1.165, 1.54) is 7.11 Å². The fourth-order valence-electron chi connectivity index (χ4n) is 2.42. The summed E-state index contributed by atoms with van der Waals surface area (Å²) in [4.78, 5) is 12.1. The summed E-state index contributed by atoms with van der Waals surface area (Å²) in [5.41, 5.74) is -0.806. The Morgan fingerprint density at radius 2 is 2.05 bits per heavy atom. The predicted molar refractivity (Wildman–Crippen MR) is 73.6 cm³/mol. The first kappa shape index (κ1) is 15.9.